The number of carbonyl (C=O) groups is 2. The number of ketones is 1. The fraction of sp³-hybridized carbons (Fsp3) is 0.136. The van der Waals surface area contributed by atoms with Gasteiger partial charge in [0, 0.05) is 16.8 Å². The van der Waals surface area contributed by atoms with Gasteiger partial charge < -0.3 is 20.1 Å². The lowest BCUT2D eigenvalue weighted by Gasteiger charge is -2.10. The molecule has 0 saturated carbocycles. The number of rotatable bonds is 7. The third-order valence-electron chi connectivity index (χ3n) is 4.23. The van der Waals surface area contributed by atoms with E-state index in [4.69, 9.17) is 9.47 Å². The first-order valence-corrected chi connectivity index (χ1v) is 8.87. The van der Waals surface area contributed by atoms with Gasteiger partial charge in [-0.2, -0.15) is 0 Å². The molecule has 0 aliphatic carbocycles. The molecule has 0 radical (unpaired) electrons. The summed E-state index contributed by atoms with van der Waals surface area (Å²) in [5, 5.41) is 5.94. The normalized spacial score (nSPS) is 10.2. The van der Waals surface area contributed by atoms with Crippen molar-refractivity contribution in [2.45, 2.75) is 6.92 Å². The van der Waals surface area contributed by atoms with Crippen LogP contribution >= 0.6 is 0 Å². The van der Waals surface area contributed by atoms with Crippen molar-refractivity contribution < 1.29 is 19.1 Å². The molecule has 0 unspecified atom stereocenters. The molecule has 7 heteroatoms. The summed E-state index contributed by atoms with van der Waals surface area (Å²) in [6, 6.07) is 15.6. The van der Waals surface area contributed by atoms with Gasteiger partial charge >= 0.3 is 0 Å². The van der Waals surface area contributed by atoms with Crippen molar-refractivity contribution in [3.05, 3.63) is 71.9 Å². The molecule has 2 N–H and O–H groups in total. The first kappa shape index (κ1) is 19.9. The van der Waals surface area contributed by atoms with Crippen LogP contribution in [0.5, 0.6) is 11.5 Å². The maximum Gasteiger partial charge on any atom is 0.255 e. The minimum absolute atomic E-state index is 0.0178. The first-order chi connectivity index (χ1) is 14.0. The van der Waals surface area contributed by atoms with Crippen LogP contribution in [0.15, 0.2) is 60.8 Å². The van der Waals surface area contributed by atoms with Crippen LogP contribution in [0.3, 0.4) is 0 Å². The predicted molar refractivity (Wildman–Crippen MR) is 111 cm³/mol. The Morgan fingerprint density at radius 1 is 0.828 bits per heavy atom. The van der Waals surface area contributed by atoms with Crippen LogP contribution in [-0.2, 0) is 0 Å². The van der Waals surface area contributed by atoms with E-state index in [9.17, 15) is 9.59 Å². The zero-order valence-electron chi connectivity index (χ0n) is 16.4. The van der Waals surface area contributed by atoms with Gasteiger partial charge in [0.25, 0.3) is 5.91 Å². The Kier molecular flexibility index (Phi) is 6.09. The Balaban J connectivity index is 1.65. The van der Waals surface area contributed by atoms with E-state index in [-0.39, 0.29) is 11.7 Å². The quantitative estimate of drug-likeness (QED) is 0.584. The smallest absolute Gasteiger partial charge is 0.255 e. The molecule has 0 saturated heterocycles. The molecule has 0 aliphatic heterocycles. The van der Waals surface area contributed by atoms with Crippen molar-refractivity contribution in [3.63, 3.8) is 0 Å². The minimum Gasteiger partial charge on any atom is -0.493 e. The number of pyridine rings is 1. The second-order valence-electron chi connectivity index (χ2n) is 6.21. The molecule has 1 aromatic heterocycles. The summed E-state index contributed by atoms with van der Waals surface area (Å²) in [7, 11) is 3.05. The molecule has 3 aromatic rings. The van der Waals surface area contributed by atoms with E-state index in [2.05, 4.69) is 15.6 Å². The molecule has 0 fully saturated rings. The van der Waals surface area contributed by atoms with E-state index in [1.54, 1.807) is 48.7 Å². The van der Waals surface area contributed by atoms with Gasteiger partial charge in [-0.15, -0.1) is 0 Å². The summed E-state index contributed by atoms with van der Waals surface area (Å²) in [5.41, 5.74) is 2.46. The summed E-state index contributed by atoms with van der Waals surface area (Å²) < 4.78 is 10.4. The van der Waals surface area contributed by atoms with Crippen LogP contribution in [-0.4, -0.2) is 30.9 Å². The molecule has 0 atom stereocenters. The molecule has 0 aliphatic rings. The third kappa shape index (κ3) is 4.90. The zero-order valence-corrected chi connectivity index (χ0v) is 16.4. The summed E-state index contributed by atoms with van der Waals surface area (Å²) in [6.07, 6.45) is 1.56. The number of carbonyl (C=O) groups excluding carboxylic acids is 2. The van der Waals surface area contributed by atoms with Gasteiger partial charge in [-0.05, 0) is 61.5 Å². The Bertz CT molecular complexity index is 1020. The number of hydrogen-bond donors (Lipinski definition) is 2. The van der Waals surface area contributed by atoms with Crippen molar-refractivity contribution in [1.29, 1.82) is 0 Å². The summed E-state index contributed by atoms with van der Waals surface area (Å²) in [5.74, 6) is 1.38. The molecular weight excluding hydrogens is 370 g/mol. The minimum atomic E-state index is -0.284. The molecule has 1 amide bonds. The average Bonchev–Trinajstić information content (AvgIpc) is 2.75. The van der Waals surface area contributed by atoms with E-state index in [0.29, 0.717) is 34.1 Å². The van der Waals surface area contributed by atoms with Crippen molar-refractivity contribution in [3.8, 4) is 11.5 Å². The van der Waals surface area contributed by atoms with E-state index in [1.165, 1.54) is 21.1 Å². The fourth-order valence-corrected chi connectivity index (χ4v) is 2.66. The van der Waals surface area contributed by atoms with E-state index >= 15 is 0 Å². The predicted octanol–water partition coefficient (Wildman–Crippen LogP) is 4.30. The number of ether oxygens (including phenoxy) is 2. The Hall–Kier alpha value is -3.87. The number of benzene rings is 2. The SMILES string of the molecule is COc1ccc(C(=O)Nc2ccc(Nc3ccc(C(C)=O)cc3)nc2)cc1OC. The molecule has 0 bridgehead atoms. The topological polar surface area (TPSA) is 89.6 Å². The third-order valence-corrected chi connectivity index (χ3v) is 4.23. The van der Waals surface area contributed by atoms with Gasteiger partial charge in [-0.25, -0.2) is 4.98 Å². The Morgan fingerprint density at radius 3 is 2.07 bits per heavy atom. The summed E-state index contributed by atoms with van der Waals surface area (Å²) in [6.45, 7) is 1.53. The lowest BCUT2D eigenvalue weighted by Crippen LogP contribution is -2.12. The lowest BCUT2D eigenvalue weighted by molar-refractivity contribution is 0.101. The molecule has 1 heterocycles. The highest BCUT2D eigenvalue weighted by molar-refractivity contribution is 6.04. The second kappa shape index (κ2) is 8.88. The number of anilines is 3. The molecule has 29 heavy (non-hydrogen) atoms. The first-order valence-electron chi connectivity index (χ1n) is 8.87. The average molecular weight is 391 g/mol. The van der Waals surface area contributed by atoms with E-state index in [1.807, 2.05) is 12.1 Å². The molecule has 7 nitrogen and oxygen atoms in total. The lowest BCUT2D eigenvalue weighted by atomic mass is 10.1. The van der Waals surface area contributed by atoms with Crippen molar-refractivity contribution in [1.82, 2.24) is 4.98 Å². The maximum atomic E-state index is 12.5. The van der Waals surface area contributed by atoms with Crippen molar-refractivity contribution in [2.24, 2.45) is 0 Å². The van der Waals surface area contributed by atoms with Gasteiger partial charge in [-0.1, -0.05) is 0 Å². The number of nitrogens with one attached hydrogen (secondary N) is 2. The molecule has 148 valence electrons. The maximum absolute atomic E-state index is 12.5. The molecule has 0 spiro atoms. The van der Waals surface area contributed by atoms with Gasteiger partial charge in [0.05, 0.1) is 26.1 Å². The number of amides is 1. The second-order valence-corrected chi connectivity index (χ2v) is 6.21. The zero-order chi connectivity index (χ0) is 20.8. The molecular formula is C22H21N3O4. The molecule has 2 aromatic carbocycles. The summed E-state index contributed by atoms with van der Waals surface area (Å²) >= 11 is 0. The van der Waals surface area contributed by atoms with Crippen LogP contribution in [0.25, 0.3) is 0 Å². The fourth-order valence-electron chi connectivity index (χ4n) is 2.66. The monoisotopic (exact) mass is 391 g/mol. The number of hydrogen-bond acceptors (Lipinski definition) is 6. The van der Waals surface area contributed by atoms with Gasteiger partial charge in [-0.3, -0.25) is 9.59 Å². The van der Waals surface area contributed by atoms with Gasteiger partial charge in [0.1, 0.15) is 5.82 Å². The highest BCUT2D eigenvalue weighted by atomic mass is 16.5. The number of methoxy groups -OCH3 is 2. The van der Waals surface area contributed by atoms with Crippen molar-refractivity contribution >= 4 is 28.9 Å². The van der Waals surface area contributed by atoms with Crippen LogP contribution < -0.4 is 20.1 Å². The highest BCUT2D eigenvalue weighted by Gasteiger charge is 2.11. The number of aromatic nitrogens is 1. The van der Waals surface area contributed by atoms with Crippen LogP contribution in [0, 0.1) is 0 Å². The van der Waals surface area contributed by atoms with Crippen LogP contribution in [0.1, 0.15) is 27.6 Å². The van der Waals surface area contributed by atoms with Gasteiger partial charge in [0.2, 0.25) is 0 Å². The Labute approximate surface area is 168 Å². The van der Waals surface area contributed by atoms with Crippen LogP contribution in [0.2, 0.25) is 0 Å². The standard InChI is InChI=1S/C22H21N3O4/c1-14(26)15-4-7-17(8-5-15)24-21-11-9-18(13-23-21)25-22(27)16-6-10-19(28-2)20(12-16)29-3/h4-13H,1-3H3,(H,23,24)(H,25,27). The highest BCUT2D eigenvalue weighted by Crippen LogP contribution is 2.28. The van der Waals surface area contributed by atoms with Gasteiger partial charge in [0.15, 0.2) is 17.3 Å². The number of Topliss-reactive ketones (excluding diaryl/α,β-unsaturated/α-hetero) is 1. The summed E-state index contributed by atoms with van der Waals surface area (Å²) in [4.78, 5) is 28.1. The van der Waals surface area contributed by atoms with Crippen LogP contribution in [0.4, 0.5) is 17.2 Å². The molecule has 3 rings (SSSR count). The Morgan fingerprint density at radius 2 is 1.48 bits per heavy atom. The number of nitrogens with zero attached hydrogens (tertiary/aromatic N) is 1. The van der Waals surface area contributed by atoms with E-state index < -0.39 is 0 Å². The van der Waals surface area contributed by atoms with Crippen molar-refractivity contribution in [2.75, 3.05) is 24.9 Å². The largest absolute Gasteiger partial charge is 0.493 e. The van der Waals surface area contributed by atoms with E-state index in [0.717, 1.165) is 5.69 Å².